The summed E-state index contributed by atoms with van der Waals surface area (Å²) in [7, 11) is 0. The van der Waals surface area contributed by atoms with Crippen LogP contribution in [0.25, 0.3) is 0 Å². The molecule has 2 aromatic carbocycles. The summed E-state index contributed by atoms with van der Waals surface area (Å²) in [6, 6.07) is 19.1. The number of aliphatic hydroxyl groups is 1. The van der Waals surface area contributed by atoms with Crippen molar-refractivity contribution in [2.24, 2.45) is 11.8 Å². The molecule has 0 saturated carbocycles. The van der Waals surface area contributed by atoms with Crippen LogP contribution in [-0.2, 0) is 22.6 Å². The van der Waals surface area contributed by atoms with Gasteiger partial charge in [0.25, 0.3) is 0 Å². The predicted octanol–water partition coefficient (Wildman–Crippen LogP) is 2.80. The Balaban J connectivity index is 1.89. The number of carbonyl (C=O) groups excluding carboxylic acids is 2. The number of imide groups is 1. The van der Waals surface area contributed by atoms with Crippen molar-refractivity contribution in [3.63, 3.8) is 0 Å². The molecule has 0 aliphatic carbocycles. The second-order valence-electron chi connectivity index (χ2n) is 7.18. The largest absolute Gasteiger partial charge is 0.390 e. The van der Waals surface area contributed by atoms with Crippen molar-refractivity contribution in [3.05, 3.63) is 71.8 Å². The molecule has 0 bridgehead atoms. The van der Waals surface area contributed by atoms with Crippen molar-refractivity contribution in [1.29, 1.82) is 0 Å². The van der Waals surface area contributed by atoms with Crippen LogP contribution < -0.4 is 0 Å². The Morgan fingerprint density at radius 3 is 1.92 bits per heavy atom. The summed E-state index contributed by atoms with van der Waals surface area (Å²) < 4.78 is 0. The lowest BCUT2D eigenvalue weighted by Crippen LogP contribution is -2.40. The van der Waals surface area contributed by atoms with Gasteiger partial charge in [-0.05, 0) is 31.4 Å². The average molecular weight is 337 g/mol. The summed E-state index contributed by atoms with van der Waals surface area (Å²) >= 11 is 0. The third-order valence-corrected chi connectivity index (χ3v) is 4.76. The molecule has 0 aromatic heterocycles. The predicted molar refractivity (Wildman–Crippen MR) is 95.4 cm³/mol. The van der Waals surface area contributed by atoms with E-state index in [4.69, 9.17) is 0 Å². The lowest BCUT2D eigenvalue weighted by Gasteiger charge is -2.27. The summed E-state index contributed by atoms with van der Waals surface area (Å²) in [5.74, 6) is -1.77. The Morgan fingerprint density at radius 1 is 0.880 bits per heavy atom. The van der Waals surface area contributed by atoms with Gasteiger partial charge in [0.1, 0.15) is 0 Å². The molecule has 3 rings (SSSR count). The van der Waals surface area contributed by atoms with Crippen LogP contribution in [0.5, 0.6) is 0 Å². The van der Waals surface area contributed by atoms with Gasteiger partial charge < -0.3 is 5.11 Å². The maximum Gasteiger partial charge on any atom is 0.236 e. The highest BCUT2D eigenvalue weighted by atomic mass is 16.3. The van der Waals surface area contributed by atoms with Gasteiger partial charge in [0.2, 0.25) is 11.8 Å². The monoisotopic (exact) mass is 337 g/mol. The zero-order valence-electron chi connectivity index (χ0n) is 14.6. The van der Waals surface area contributed by atoms with Crippen LogP contribution in [0.15, 0.2) is 60.7 Å². The molecule has 0 spiro atoms. The zero-order valence-corrected chi connectivity index (χ0v) is 14.6. The molecule has 4 nitrogen and oxygen atoms in total. The van der Waals surface area contributed by atoms with Crippen molar-refractivity contribution < 1.29 is 14.7 Å². The van der Waals surface area contributed by atoms with E-state index in [1.165, 1.54) is 4.90 Å². The van der Waals surface area contributed by atoms with Crippen molar-refractivity contribution in [2.75, 3.05) is 0 Å². The third-order valence-electron chi connectivity index (χ3n) is 4.76. The first-order valence-electron chi connectivity index (χ1n) is 8.53. The van der Waals surface area contributed by atoms with Gasteiger partial charge >= 0.3 is 0 Å². The normalized spacial score (nSPS) is 21.0. The van der Waals surface area contributed by atoms with Gasteiger partial charge in [-0.3, -0.25) is 14.5 Å². The number of carbonyl (C=O) groups is 2. The minimum atomic E-state index is -1.25. The van der Waals surface area contributed by atoms with Crippen molar-refractivity contribution >= 4 is 11.8 Å². The van der Waals surface area contributed by atoms with Gasteiger partial charge in [-0.15, -0.1) is 0 Å². The van der Waals surface area contributed by atoms with E-state index in [0.717, 1.165) is 11.1 Å². The third kappa shape index (κ3) is 3.64. The molecule has 2 aromatic rings. The van der Waals surface area contributed by atoms with Crippen LogP contribution in [0.3, 0.4) is 0 Å². The van der Waals surface area contributed by atoms with Gasteiger partial charge in [0.15, 0.2) is 0 Å². The van der Waals surface area contributed by atoms with Gasteiger partial charge in [-0.1, -0.05) is 60.7 Å². The van der Waals surface area contributed by atoms with E-state index in [0.29, 0.717) is 6.42 Å². The van der Waals surface area contributed by atoms with E-state index in [-0.39, 0.29) is 18.4 Å². The summed E-state index contributed by atoms with van der Waals surface area (Å²) in [6.07, 6.45) is 0.450. The van der Waals surface area contributed by atoms with Crippen molar-refractivity contribution in [2.45, 2.75) is 32.4 Å². The van der Waals surface area contributed by atoms with Crippen LogP contribution in [-0.4, -0.2) is 27.4 Å². The molecule has 1 aliphatic rings. The van der Waals surface area contributed by atoms with Crippen LogP contribution in [0, 0.1) is 11.8 Å². The van der Waals surface area contributed by atoms with Crippen molar-refractivity contribution in [3.8, 4) is 0 Å². The number of benzene rings is 2. The molecule has 2 atom stereocenters. The van der Waals surface area contributed by atoms with E-state index in [2.05, 4.69) is 0 Å². The standard InChI is InChI=1S/C21H23NO3/c1-21(2,25)18-17(13-15-9-5-3-6-10-15)19(23)22(20(18)24)14-16-11-7-4-8-12-16/h3-12,17-18,25H,13-14H2,1-2H3/t17-,18-/m0/s1. The lowest BCUT2D eigenvalue weighted by molar-refractivity contribution is -0.142. The summed E-state index contributed by atoms with van der Waals surface area (Å²) in [4.78, 5) is 27.2. The van der Waals surface area contributed by atoms with Crippen molar-refractivity contribution in [1.82, 2.24) is 4.90 Å². The van der Waals surface area contributed by atoms with E-state index in [1.807, 2.05) is 60.7 Å². The van der Waals surface area contributed by atoms with Gasteiger partial charge in [-0.2, -0.15) is 0 Å². The maximum atomic E-state index is 13.0. The molecule has 1 saturated heterocycles. The number of hydrogen-bond donors (Lipinski definition) is 1. The van der Waals surface area contributed by atoms with Crippen LogP contribution in [0.4, 0.5) is 0 Å². The minimum Gasteiger partial charge on any atom is -0.390 e. The van der Waals surface area contributed by atoms with E-state index < -0.39 is 17.4 Å². The molecule has 1 N–H and O–H groups in total. The molecule has 1 aliphatic heterocycles. The Labute approximate surface area is 148 Å². The molecule has 130 valence electrons. The fraction of sp³-hybridized carbons (Fsp3) is 0.333. The smallest absolute Gasteiger partial charge is 0.236 e. The minimum absolute atomic E-state index is 0.204. The number of likely N-dealkylation sites (tertiary alicyclic amines) is 1. The number of amides is 2. The molecule has 1 heterocycles. The Bertz CT molecular complexity index is 750. The number of rotatable bonds is 5. The first-order valence-corrected chi connectivity index (χ1v) is 8.53. The molecule has 25 heavy (non-hydrogen) atoms. The SMILES string of the molecule is CC(C)(O)[C@@H]1C(=O)N(Cc2ccccc2)C(=O)[C@H]1Cc1ccccc1. The lowest BCUT2D eigenvalue weighted by atomic mass is 9.79. The summed E-state index contributed by atoms with van der Waals surface area (Å²) in [6.45, 7) is 3.45. The molecule has 4 heteroatoms. The van der Waals surface area contributed by atoms with E-state index in [1.54, 1.807) is 13.8 Å². The first-order chi connectivity index (χ1) is 11.9. The van der Waals surface area contributed by atoms with Crippen LogP contribution in [0.1, 0.15) is 25.0 Å². The van der Waals surface area contributed by atoms with Gasteiger partial charge in [0.05, 0.1) is 24.0 Å². The Morgan fingerprint density at radius 2 is 1.40 bits per heavy atom. The molecule has 0 radical (unpaired) electrons. The number of hydrogen-bond acceptors (Lipinski definition) is 3. The van der Waals surface area contributed by atoms with Gasteiger partial charge in [-0.25, -0.2) is 0 Å². The zero-order chi connectivity index (χ0) is 18.0. The topological polar surface area (TPSA) is 57.6 Å². The highest BCUT2D eigenvalue weighted by molar-refractivity contribution is 6.05. The fourth-order valence-electron chi connectivity index (χ4n) is 3.58. The highest BCUT2D eigenvalue weighted by Gasteiger charge is 2.53. The highest BCUT2D eigenvalue weighted by Crippen LogP contribution is 2.37. The summed E-state index contributed by atoms with van der Waals surface area (Å²) in [5.41, 5.74) is 0.640. The summed E-state index contributed by atoms with van der Waals surface area (Å²) in [5, 5.41) is 10.5. The Kier molecular flexibility index (Phi) is 4.73. The molecule has 0 unspecified atom stereocenters. The van der Waals surface area contributed by atoms with Gasteiger partial charge in [0, 0.05) is 0 Å². The second-order valence-corrected chi connectivity index (χ2v) is 7.18. The molecular weight excluding hydrogens is 314 g/mol. The number of nitrogens with zero attached hydrogens (tertiary/aromatic N) is 1. The van der Waals surface area contributed by atoms with E-state index >= 15 is 0 Å². The van der Waals surface area contributed by atoms with Crippen LogP contribution >= 0.6 is 0 Å². The molecule has 1 fully saturated rings. The maximum absolute atomic E-state index is 13.0. The second kappa shape index (κ2) is 6.81. The van der Waals surface area contributed by atoms with Crippen LogP contribution in [0.2, 0.25) is 0 Å². The average Bonchev–Trinajstić information content (AvgIpc) is 2.81. The van der Waals surface area contributed by atoms with E-state index in [9.17, 15) is 14.7 Å². The molecular formula is C21H23NO3. The fourth-order valence-corrected chi connectivity index (χ4v) is 3.58. The quantitative estimate of drug-likeness (QED) is 0.854. The molecule has 2 amide bonds. The first kappa shape index (κ1) is 17.4. The Hall–Kier alpha value is -2.46.